The van der Waals surface area contributed by atoms with Gasteiger partial charge in [-0.15, -0.1) is 11.3 Å². The van der Waals surface area contributed by atoms with Gasteiger partial charge >= 0.3 is 0 Å². The monoisotopic (exact) mass is 388 g/mol. The summed E-state index contributed by atoms with van der Waals surface area (Å²) in [4.78, 5) is 8.35. The third-order valence-corrected chi connectivity index (χ3v) is 7.29. The number of aromatic nitrogens is 1. The Morgan fingerprint density at radius 1 is 1.22 bits per heavy atom. The number of pyridine rings is 1. The molecule has 2 aromatic heterocycles. The predicted molar refractivity (Wildman–Crippen MR) is 108 cm³/mol. The van der Waals surface area contributed by atoms with Gasteiger partial charge in [0, 0.05) is 40.9 Å². The number of halogens is 1. The van der Waals surface area contributed by atoms with E-state index in [1.165, 1.54) is 29.7 Å². The largest absolute Gasteiger partial charge is 0.381 e. The summed E-state index contributed by atoms with van der Waals surface area (Å²) in [7, 11) is 0. The number of hydrogen-bond acceptors (Lipinski definition) is 4. The number of hydrogen-bond donors (Lipinski definition) is 0. The fraction of sp³-hybridized carbons (Fsp3) is 0.591. The Hall–Kier alpha value is -1.30. The van der Waals surface area contributed by atoms with Crippen LogP contribution in [0.25, 0.3) is 0 Å². The van der Waals surface area contributed by atoms with Gasteiger partial charge in [-0.1, -0.05) is 6.07 Å². The summed E-state index contributed by atoms with van der Waals surface area (Å²) >= 11 is 1.28. The summed E-state index contributed by atoms with van der Waals surface area (Å²) < 4.78 is 19.3. The van der Waals surface area contributed by atoms with Crippen LogP contribution >= 0.6 is 11.3 Å². The number of thiophene rings is 1. The molecule has 0 radical (unpaired) electrons. The minimum Gasteiger partial charge on any atom is -0.381 e. The molecule has 0 bridgehead atoms. The Balaban J connectivity index is 1.48. The van der Waals surface area contributed by atoms with E-state index in [1.54, 1.807) is 6.07 Å². The van der Waals surface area contributed by atoms with Gasteiger partial charge in [0.25, 0.3) is 0 Å². The lowest BCUT2D eigenvalue weighted by Gasteiger charge is -2.33. The van der Waals surface area contributed by atoms with Crippen molar-refractivity contribution in [2.45, 2.75) is 51.5 Å². The Morgan fingerprint density at radius 3 is 2.70 bits per heavy atom. The lowest BCUT2D eigenvalue weighted by atomic mass is 9.83. The first kappa shape index (κ1) is 19.0. The zero-order chi connectivity index (χ0) is 18.9. The number of ether oxygens (including phenoxy) is 1. The average Bonchev–Trinajstić information content (AvgIpc) is 3.19. The van der Waals surface area contributed by atoms with Crippen LogP contribution in [0.15, 0.2) is 30.5 Å². The molecular weight excluding hydrogens is 359 g/mol. The first-order valence-corrected chi connectivity index (χ1v) is 10.9. The number of rotatable bonds is 8. The van der Waals surface area contributed by atoms with Crippen molar-refractivity contribution >= 4 is 11.3 Å². The number of likely N-dealkylation sites (tertiary alicyclic amines) is 1. The summed E-state index contributed by atoms with van der Waals surface area (Å²) in [5, 5.41) is -0.0827. The van der Waals surface area contributed by atoms with Gasteiger partial charge < -0.3 is 4.74 Å². The van der Waals surface area contributed by atoms with Gasteiger partial charge in [-0.05, 0) is 76.3 Å². The molecule has 0 N–H and O–H groups in total. The second-order valence-corrected chi connectivity index (χ2v) is 9.35. The van der Waals surface area contributed by atoms with Gasteiger partial charge in [0.15, 0.2) is 5.13 Å². The molecule has 1 saturated heterocycles. The molecule has 0 aromatic carbocycles. The molecule has 27 heavy (non-hydrogen) atoms. The van der Waals surface area contributed by atoms with Crippen molar-refractivity contribution in [2.24, 2.45) is 5.41 Å². The van der Waals surface area contributed by atoms with Crippen LogP contribution in [-0.2, 0) is 16.7 Å². The highest BCUT2D eigenvalue weighted by molar-refractivity contribution is 7.10. The SMILES string of the molecule is CCOCC1(CCc2ccc(F)s2)CCN(C2(c3ccc(C)nc3)CC2)C1. The molecule has 5 heteroatoms. The zero-order valence-corrected chi connectivity index (χ0v) is 17.2. The van der Waals surface area contributed by atoms with Crippen LogP contribution in [0.5, 0.6) is 0 Å². The Bertz CT molecular complexity index is 771. The van der Waals surface area contributed by atoms with E-state index >= 15 is 0 Å². The Labute approximate surface area is 165 Å². The van der Waals surface area contributed by atoms with E-state index in [4.69, 9.17) is 4.74 Å². The van der Waals surface area contributed by atoms with Crippen molar-refractivity contribution in [3.8, 4) is 0 Å². The molecule has 2 aliphatic rings. The van der Waals surface area contributed by atoms with E-state index in [0.29, 0.717) is 0 Å². The Kier molecular flexibility index (Phi) is 5.36. The van der Waals surface area contributed by atoms with Crippen molar-refractivity contribution in [3.05, 3.63) is 51.7 Å². The maximum atomic E-state index is 13.3. The smallest absolute Gasteiger partial charge is 0.176 e. The molecular formula is C22H29FN2OS. The van der Waals surface area contributed by atoms with Gasteiger partial charge in [-0.2, -0.15) is 4.39 Å². The quantitative estimate of drug-likeness (QED) is 0.640. The highest BCUT2D eigenvalue weighted by Gasteiger charge is 2.54. The fourth-order valence-corrected chi connectivity index (χ4v) is 5.26. The summed E-state index contributed by atoms with van der Waals surface area (Å²) in [6.45, 7) is 7.84. The van der Waals surface area contributed by atoms with Crippen molar-refractivity contribution in [1.82, 2.24) is 9.88 Å². The molecule has 2 fully saturated rings. The molecule has 1 atom stereocenters. The highest BCUT2D eigenvalue weighted by atomic mass is 32.1. The molecule has 146 valence electrons. The van der Waals surface area contributed by atoms with Crippen LogP contribution in [0.1, 0.15) is 48.7 Å². The van der Waals surface area contributed by atoms with E-state index < -0.39 is 0 Å². The predicted octanol–water partition coefficient (Wildman–Crippen LogP) is 4.94. The number of aryl methyl sites for hydroxylation is 2. The van der Waals surface area contributed by atoms with Crippen molar-refractivity contribution in [3.63, 3.8) is 0 Å². The topological polar surface area (TPSA) is 25.4 Å². The first-order valence-electron chi connectivity index (χ1n) is 10.1. The van der Waals surface area contributed by atoms with Gasteiger partial charge in [0.05, 0.1) is 6.61 Å². The summed E-state index contributed by atoms with van der Waals surface area (Å²) in [5.41, 5.74) is 2.79. The number of nitrogens with zero attached hydrogens (tertiary/aromatic N) is 2. The van der Waals surface area contributed by atoms with Gasteiger partial charge in [0.2, 0.25) is 0 Å². The fourth-order valence-electron chi connectivity index (χ4n) is 4.54. The zero-order valence-electron chi connectivity index (χ0n) is 16.3. The van der Waals surface area contributed by atoms with Gasteiger partial charge in [-0.3, -0.25) is 9.88 Å². The van der Waals surface area contributed by atoms with Crippen molar-refractivity contribution < 1.29 is 9.13 Å². The van der Waals surface area contributed by atoms with E-state index in [9.17, 15) is 4.39 Å². The third kappa shape index (κ3) is 3.96. The molecule has 3 nitrogen and oxygen atoms in total. The molecule has 0 amide bonds. The molecule has 1 unspecified atom stereocenters. The summed E-state index contributed by atoms with van der Waals surface area (Å²) in [6, 6.07) is 7.90. The van der Waals surface area contributed by atoms with Crippen LogP contribution in [0.3, 0.4) is 0 Å². The van der Waals surface area contributed by atoms with Crippen molar-refractivity contribution in [1.29, 1.82) is 0 Å². The van der Waals surface area contributed by atoms with Crippen LogP contribution in [0.2, 0.25) is 0 Å². The lowest BCUT2D eigenvalue weighted by molar-refractivity contribution is 0.0444. The lowest BCUT2D eigenvalue weighted by Crippen LogP contribution is -2.38. The van der Waals surface area contributed by atoms with E-state index in [2.05, 4.69) is 35.1 Å². The molecule has 4 rings (SSSR count). The van der Waals surface area contributed by atoms with Crippen LogP contribution < -0.4 is 0 Å². The second-order valence-electron chi connectivity index (χ2n) is 8.23. The van der Waals surface area contributed by atoms with Crippen LogP contribution in [0, 0.1) is 17.5 Å². The maximum Gasteiger partial charge on any atom is 0.176 e. The van der Waals surface area contributed by atoms with Crippen LogP contribution in [0.4, 0.5) is 4.39 Å². The summed E-state index contributed by atoms with van der Waals surface area (Å²) in [6.07, 6.45) is 7.67. The normalized spacial score (nSPS) is 24.4. The van der Waals surface area contributed by atoms with E-state index in [1.807, 2.05) is 13.0 Å². The van der Waals surface area contributed by atoms with Crippen molar-refractivity contribution in [2.75, 3.05) is 26.3 Å². The average molecular weight is 389 g/mol. The maximum absolute atomic E-state index is 13.3. The molecule has 1 aliphatic carbocycles. The molecule has 3 heterocycles. The standard InChI is InChI=1S/C22H29FN2OS/c1-3-26-16-21(9-8-19-6-7-20(23)27-19)12-13-25(15-21)22(10-11-22)18-5-4-17(2)24-14-18/h4-7,14H,3,8-13,15-16H2,1-2H3. The molecule has 1 saturated carbocycles. The second kappa shape index (κ2) is 7.61. The van der Waals surface area contributed by atoms with E-state index in [-0.39, 0.29) is 16.1 Å². The summed E-state index contributed by atoms with van der Waals surface area (Å²) in [5.74, 6) is 0. The van der Waals surface area contributed by atoms with Crippen LogP contribution in [-0.4, -0.2) is 36.2 Å². The third-order valence-electron chi connectivity index (χ3n) is 6.36. The minimum absolute atomic E-state index is 0.0827. The molecule has 0 spiro atoms. The van der Waals surface area contributed by atoms with Gasteiger partial charge in [0.1, 0.15) is 0 Å². The Morgan fingerprint density at radius 2 is 2.07 bits per heavy atom. The van der Waals surface area contributed by atoms with E-state index in [0.717, 1.165) is 56.1 Å². The first-order chi connectivity index (χ1) is 13.1. The molecule has 2 aromatic rings. The highest BCUT2D eigenvalue weighted by Crippen LogP contribution is 2.54. The van der Waals surface area contributed by atoms with Gasteiger partial charge in [-0.25, -0.2) is 0 Å². The minimum atomic E-state index is -0.0827. The molecule has 1 aliphatic heterocycles.